The monoisotopic (exact) mass is 449 g/mol. The molecule has 0 saturated carbocycles. The van der Waals surface area contributed by atoms with Gasteiger partial charge in [-0.3, -0.25) is 0 Å². The Morgan fingerprint density at radius 2 is 1.87 bits per heavy atom. The van der Waals surface area contributed by atoms with Crippen molar-refractivity contribution in [2.45, 2.75) is 24.8 Å². The van der Waals surface area contributed by atoms with E-state index in [2.05, 4.69) is 38.0 Å². The second kappa shape index (κ2) is 10.9. The number of rotatable bonds is 8. The topological polar surface area (TPSA) is 77.0 Å². The molecule has 3 rings (SSSR count). The predicted octanol–water partition coefficient (Wildman–Crippen LogP) is 1.98. The van der Waals surface area contributed by atoms with E-state index >= 15 is 0 Å². The van der Waals surface area contributed by atoms with Gasteiger partial charge in [-0.2, -0.15) is 4.31 Å². The van der Waals surface area contributed by atoms with Gasteiger partial charge in [0.2, 0.25) is 10.0 Å². The highest BCUT2D eigenvalue weighted by Gasteiger charge is 2.29. The van der Waals surface area contributed by atoms with Gasteiger partial charge in [0, 0.05) is 44.1 Å². The van der Waals surface area contributed by atoms with Crippen molar-refractivity contribution in [1.82, 2.24) is 19.8 Å². The molecule has 0 spiro atoms. The van der Waals surface area contributed by atoms with E-state index in [1.165, 1.54) is 4.88 Å². The second-order valence-corrected chi connectivity index (χ2v) is 10.2. The zero-order valence-corrected chi connectivity index (χ0v) is 19.3. The first-order chi connectivity index (χ1) is 14.5. The maximum Gasteiger partial charge on any atom is 0.243 e. The van der Waals surface area contributed by atoms with E-state index in [0.29, 0.717) is 36.1 Å². The summed E-state index contributed by atoms with van der Waals surface area (Å²) in [6, 6.07) is 11.4. The molecule has 1 aliphatic rings. The molecule has 2 N–H and O–H groups in total. The van der Waals surface area contributed by atoms with Crippen LogP contribution in [0, 0.1) is 0 Å². The lowest BCUT2D eigenvalue weighted by Gasteiger charge is -2.32. The minimum absolute atomic E-state index is 0.303. The molecule has 7 nitrogen and oxygen atoms in total. The Morgan fingerprint density at radius 3 is 2.57 bits per heavy atom. The number of hydrogen-bond donors (Lipinski definition) is 2. The number of thiophene rings is 1. The highest BCUT2D eigenvalue weighted by molar-refractivity contribution is 7.89. The molecule has 0 radical (unpaired) electrons. The number of nitrogens with one attached hydrogen (secondary N) is 2. The molecule has 0 unspecified atom stereocenters. The third-order valence-electron chi connectivity index (χ3n) is 5.05. The van der Waals surface area contributed by atoms with Crippen LogP contribution in [0.1, 0.15) is 17.4 Å². The quantitative estimate of drug-likeness (QED) is 0.476. The summed E-state index contributed by atoms with van der Waals surface area (Å²) in [7, 11) is -1.51. The molecule has 9 heteroatoms. The number of likely N-dealkylation sites (N-methyl/N-ethyl adjacent to an activating group) is 1. The van der Waals surface area contributed by atoms with Gasteiger partial charge < -0.3 is 15.5 Å². The summed E-state index contributed by atoms with van der Waals surface area (Å²) in [5.41, 5.74) is 0.715. The summed E-state index contributed by atoms with van der Waals surface area (Å²) < 4.78 is 28.0. The molecule has 164 valence electrons. The number of guanidine groups is 1. The van der Waals surface area contributed by atoms with Gasteiger partial charge >= 0.3 is 0 Å². The average molecular weight is 450 g/mol. The first-order valence-corrected chi connectivity index (χ1v) is 12.6. The summed E-state index contributed by atoms with van der Waals surface area (Å²) in [5.74, 6) is 0.695. The Labute approximate surface area is 183 Å². The van der Waals surface area contributed by atoms with Crippen LogP contribution in [0.2, 0.25) is 0 Å². The summed E-state index contributed by atoms with van der Waals surface area (Å²) in [6.07, 6.45) is 0.927. The Bertz CT molecular complexity index is 921. The van der Waals surface area contributed by atoms with Crippen molar-refractivity contribution in [2.75, 3.05) is 46.3 Å². The van der Waals surface area contributed by atoms with Crippen molar-refractivity contribution in [3.05, 3.63) is 52.2 Å². The van der Waals surface area contributed by atoms with Crippen molar-refractivity contribution in [3.8, 4) is 0 Å². The molecule has 30 heavy (non-hydrogen) atoms. The third kappa shape index (κ3) is 6.04. The van der Waals surface area contributed by atoms with Crippen molar-refractivity contribution in [3.63, 3.8) is 0 Å². The van der Waals surface area contributed by atoms with Gasteiger partial charge in [-0.05, 0) is 43.5 Å². The molecule has 1 saturated heterocycles. The van der Waals surface area contributed by atoms with Crippen LogP contribution in [0.25, 0.3) is 0 Å². The molecule has 2 aromatic rings. The first kappa shape index (κ1) is 22.7. The van der Waals surface area contributed by atoms with Crippen LogP contribution < -0.4 is 10.6 Å². The molecule has 1 aromatic carbocycles. The number of aliphatic imine (C=N–C) groups is 1. The second-order valence-electron chi connectivity index (χ2n) is 7.27. The summed E-state index contributed by atoms with van der Waals surface area (Å²) in [6.45, 7) is 6.36. The van der Waals surface area contributed by atoms with Gasteiger partial charge in [0.05, 0.1) is 11.4 Å². The number of nitrogens with zero attached hydrogens (tertiary/aromatic N) is 3. The molecule has 1 aliphatic heterocycles. The number of hydrogen-bond acceptors (Lipinski definition) is 5. The van der Waals surface area contributed by atoms with Gasteiger partial charge in [-0.1, -0.05) is 24.3 Å². The van der Waals surface area contributed by atoms with E-state index in [-0.39, 0.29) is 0 Å². The molecular weight excluding hydrogens is 418 g/mol. The number of piperazine rings is 1. The van der Waals surface area contributed by atoms with Crippen LogP contribution >= 0.6 is 11.3 Å². The zero-order valence-electron chi connectivity index (χ0n) is 17.7. The largest absolute Gasteiger partial charge is 0.357 e. The fourth-order valence-electron chi connectivity index (χ4n) is 3.32. The van der Waals surface area contributed by atoms with E-state index in [4.69, 9.17) is 0 Å². The highest BCUT2D eigenvalue weighted by atomic mass is 32.2. The highest BCUT2D eigenvalue weighted by Crippen LogP contribution is 2.22. The summed E-state index contributed by atoms with van der Waals surface area (Å²) in [5, 5.41) is 8.65. The van der Waals surface area contributed by atoms with Crippen molar-refractivity contribution in [1.29, 1.82) is 0 Å². The number of benzene rings is 1. The van der Waals surface area contributed by atoms with Crippen molar-refractivity contribution >= 4 is 27.3 Å². The Balaban J connectivity index is 1.70. The van der Waals surface area contributed by atoms with Crippen LogP contribution in [0.3, 0.4) is 0 Å². The normalized spacial score (nSPS) is 16.5. The average Bonchev–Trinajstić information content (AvgIpc) is 3.26. The standard InChI is InChI=1S/C21H31N5O2S2/c1-3-22-21(23-11-10-19-8-6-16-29-19)24-17-18-7-4-5-9-20(18)30(27,28)26-14-12-25(2)13-15-26/h4-9,16H,3,10-15,17H2,1-2H3,(H2,22,23,24). The van der Waals surface area contributed by atoms with Crippen LogP contribution in [0.5, 0.6) is 0 Å². The molecule has 0 bridgehead atoms. The lowest BCUT2D eigenvalue weighted by molar-refractivity contribution is 0.222. The lowest BCUT2D eigenvalue weighted by atomic mass is 10.2. The minimum atomic E-state index is -3.52. The van der Waals surface area contributed by atoms with E-state index in [1.54, 1.807) is 27.8 Å². The van der Waals surface area contributed by atoms with Crippen LogP contribution in [-0.2, 0) is 23.0 Å². The minimum Gasteiger partial charge on any atom is -0.357 e. The zero-order chi connectivity index (χ0) is 21.4. The maximum atomic E-state index is 13.2. The molecule has 1 fully saturated rings. The smallest absolute Gasteiger partial charge is 0.243 e. The number of sulfonamides is 1. The van der Waals surface area contributed by atoms with E-state index < -0.39 is 10.0 Å². The van der Waals surface area contributed by atoms with Crippen LogP contribution in [0.4, 0.5) is 0 Å². The lowest BCUT2D eigenvalue weighted by Crippen LogP contribution is -2.47. The maximum absolute atomic E-state index is 13.2. The van der Waals surface area contributed by atoms with Gasteiger partial charge in [-0.25, -0.2) is 13.4 Å². The fraction of sp³-hybridized carbons (Fsp3) is 0.476. The van der Waals surface area contributed by atoms with Gasteiger partial charge in [0.15, 0.2) is 5.96 Å². The Hall–Kier alpha value is -1.94. The summed E-state index contributed by atoms with van der Waals surface area (Å²) >= 11 is 1.74. The Morgan fingerprint density at radius 1 is 1.10 bits per heavy atom. The summed E-state index contributed by atoms with van der Waals surface area (Å²) in [4.78, 5) is 8.46. The molecule has 0 atom stereocenters. The van der Waals surface area contributed by atoms with E-state index in [1.807, 2.05) is 26.1 Å². The predicted molar refractivity (Wildman–Crippen MR) is 124 cm³/mol. The molecule has 1 aromatic heterocycles. The first-order valence-electron chi connectivity index (χ1n) is 10.3. The fourth-order valence-corrected chi connectivity index (χ4v) is 5.66. The van der Waals surface area contributed by atoms with Gasteiger partial charge in [0.1, 0.15) is 0 Å². The van der Waals surface area contributed by atoms with Crippen molar-refractivity contribution in [2.24, 2.45) is 4.99 Å². The van der Waals surface area contributed by atoms with E-state index in [0.717, 1.165) is 32.6 Å². The molecule has 2 heterocycles. The van der Waals surface area contributed by atoms with E-state index in [9.17, 15) is 8.42 Å². The molecular formula is C21H31N5O2S2. The van der Waals surface area contributed by atoms with Gasteiger partial charge in [-0.15, -0.1) is 11.3 Å². The van der Waals surface area contributed by atoms with Crippen molar-refractivity contribution < 1.29 is 8.42 Å². The van der Waals surface area contributed by atoms with Crippen LogP contribution in [-0.4, -0.2) is 69.9 Å². The van der Waals surface area contributed by atoms with Crippen LogP contribution in [0.15, 0.2) is 51.7 Å². The van der Waals surface area contributed by atoms with Gasteiger partial charge in [0.25, 0.3) is 0 Å². The molecule has 0 amide bonds. The molecule has 0 aliphatic carbocycles. The third-order valence-corrected chi connectivity index (χ3v) is 7.98. The Kier molecular flexibility index (Phi) is 8.26. The SMILES string of the molecule is CCNC(=NCc1ccccc1S(=O)(=O)N1CCN(C)CC1)NCCc1cccs1.